The number of carbonyl (C=O) groups excluding carboxylic acids is 1. The zero-order valence-corrected chi connectivity index (χ0v) is 13.9. The van der Waals surface area contributed by atoms with E-state index < -0.39 is 0 Å². The number of pyridine rings is 1. The van der Waals surface area contributed by atoms with Gasteiger partial charge in [0.25, 0.3) is 0 Å². The van der Waals surface area contributed by atoms with Crippen molar-refractivity contribution in [1.29, 1.82) is 0 Å². The topological polar surface area (TPSA) is 80.9 Å². The van der Waals surface area contributed by atoms with Gasteiger partial charge >= 0.3 is 0 Å². The molecule has 2 aromatic heterocycles. The number of hydrogen-bond donors (Lipinski definition) is 1. The fourth-order valence-corrected chi connectivity index (χ4v) is 3.08. The Morgan fingerprint density at radius 2 is 1.96 bits per heavy atom. The van der Waals surface area contributed by atoms with Gasteiger partial charge in [-0.2, -0.15) is 4.98 Å². The summed E-state index contributed by atoms with van der Waals surface area (Å²) in [6.45, 7) is 0. The minimum Gasteiger partial charge on any atom is -0.353 e. The molecule has 1 aliphatic carbocycles. The molecule has 0 atom stereocenters. The Morgan fingerprint density at radius 3 is 2.71 bits per heavy atom. The third kappa shape index (κ3) is 4.88. The van der Waals surface area contributed by atoms with E-state index in [4.69, 9.17) is 4.52 Å². The second-order valence-corrected chi connectivity index (χ2v) is 6.34. The lowest BCUT2D eigenvalue weighted by Crippen LogP contribution is -2.35. The third-order valence-electron chi connectivity index (χ3n) is 4.40. The van der Waals surface area contributed by atoms with Crippen molar-refractivity contribution in [2.24, 2.45) is 0 Å². The van der Waals surface area contributed by atoms with Crippen LogP contribution in [0.15, 0.2) is 28.9 Å². The molecule has 1 N–H and O–H groups in total. The van der Waals surface area contributed by atoms with Crippen molar-refractivity contribution in [3.8, 4) is 11.5 Å². The van der Waals surface area contributed by atoms with Gasteiger partial charge in [0.05, 0.1) is 0 Å². The molecule has 6 nitrogen and oxygen atoms in total. The molecule has 24 heavy (non-hydrogen) atoms. The summed E-state index contributed by atoms with van der Waals surface area (Å²) in [5.74, 6) is 1.01. The molecule has 0 aliphatic heterocycles. The molecule has 1 saturated carbocycles. The molecule has 0 saturated heterocycles. The lowest BCUT2D eigenvalue weighted by atomic mass is 9.96. The van der Waals surface area contributed by atoms with Gasteiger partial charge in [-0.25, -0.2) is 0 Å². The number of nitrogens with one attached hydrogen (secondary N) is 1. The molecule has 0 unspecified atom stereocenters. The predicted molar refractivity (Wildman–Crippen MR) is 90.1 cm³/mol. The summed E-state index contributed by atoms with van der Waals surface area (Å²) in [5, 5.41) is 7.08. The quantitative estimate of drug-likeness (QED) is 0.911. The Hall–Kier alpha value is -2.24. The van der Waals surface area contributed by atoms with Gasteiger partial charge in [-0.15, -0.1) is 0 Å². The molecular formula is C18H24N4O2. The van der Waals surface area contributed by atoms with Gasteiger partial charge in [0.15, 0.2) is 0 Å². The molecule has 1 fully saturated rings. The zero-order valence-electron chi connectivity index (χ0n) is 13.9. The SMILES string of the molecule is O=C(CCc1nc(-c2ccccn2)no1)NC1CCCCCCC1. The molecule has 0 spiro atoms. The fraction of sp³-hybridized carbons (Fsp3) is 0.556. The standard InChI is InChI=1S/C18H24N4O2/c23-16(20-14-8-4-2-1-3-5-9-14)11-12-17-21-18(22-24-17)15-10-6-7-13-19-15/h6-7,10,13-14H,1-5,8-9,11-12H2,(H,20,23). The van der Waals surface area contributed by atoms with Crippen molar-refractivity contribution in [1.82, 2.24) is 20.4 Å². The van der Waals surface area contributed by atoms with E-state index >= 15 is 0 Å². The molecule has 2 aromatic rings. The van der Waals surface area contributed by atoms with E-state index in [9.17, 15) is 4.79 Å². The summed E-state index contributed by atoms with van der Waals surface area (Å²) >= 11 is 0. The Bertz CT molecular complexity index is 633. The number of hydrogen-bond acceptors (Lipinski definition) is 5. The van der Waals surface area contributed by atoms with Gasteiger partial charge in [-0.1, -0.05) is 43.3 Å². The van der Waals surface area contributed by atoms with Crippen molar-refractivity contribution in [3.05, 3.63) is 30.3 Å². The van der Waals surface area contributed by atoms with Crippen LogP contribution in [0.1, 0.15) is 57.3 Å². The van der Waals surface area contributed by atoms with Crippen LogP contribution in [0.5, 0.6) is 0 Å². The number of aryl methyl sites for hydroxylation is 1. The predicted octanol–water partition coefficient (Wildman–Crippen LogP) is 3.29. The van der Waals surface area contributed by atoms with Crippen LogP contribution in [0.25, 0.3) is 11.5 Å². The number of nitrogens with zero attached hydrogens (tertiary/aromatic N) is 3. The summed E-state index contributed by atoms with van der Waals surface area (Å²) in [6, 6.07) is 5.87. The molecule has 0 aromatic carbocycles. The summed E-state index contributed by atoms with van der Waals surface area (Å²) in [4.78, 5) is 20.6. The van der Waals surface area contributed by atoms with E-state index in [1.807, 2.05) is 18.2 Å². The van der Waals surface area contributed by atoms with Gasteiger partial charge in [-0.05, 0) is 25.0 Å². The number of carbonyl (C=O) groups is 1. The van der Waals surface area contributed by atoms with Crippen LogP contribution in [0.4, 0.5) is 0 Å². The maximum absolute atomic E-state index is 12.1. The highest BCUT2D eigenvalue weighted by molar-refractivity contribution is 5.76. The molecule has 2 heterocycles. The first-order chi connectivity index (χ1) is 11.8. The molecule has 3 rings (SSSR count). The normalized spacial score (nSPS) is 16.3. The van der Waals surface area contributed by atoms with Gasteiger partial charge in [-0.3, -0.25) is 9.78 Å². The number of amides is 1. The number of aromatic nitrogens is 3. The summed E-state index contributed by atoms with van der Waals surface area (Å²) in [6.07, 6.45) is 11.0. The minimum atomic E-state index is 0.0677. The molecule has 1 aliphatic rings. The first-order valence-electron chi connectivity index (χ1n) is 8.84. The van der Waals surface area contributed by atoms with Crippen LogP contribution >= 0.6 is 0 Å². The lowest BCUT2D eigenvalue weighted by Gasteiger charge is -2.20. The Labute approximate surface area is 142 Å². The van der Waals surface area contributed by atoms with Gasteiger partial charge in [0, 0.05) is 25.1 Å². The minimum absolute atomic E-state index is 0.0677. The molecule has 0 bridgehead atoms. The highest BCUT2D eigenvalue weighted by atomic mass is 16.5. The lowest BCUT2D eigenvalue weighted by molar-refractivity contribution is -0.122. The maximum atomic E-state index is 12.1. The Balaban J connectivity index is 1.47. The van der Waals surface area contributed by atoms with Gasteiger partial charge < -0.3 is 9.84 Å². The first-order valence-corrected chi connectivity index (χ1v) is 8.84. The van der Waals surface area contributed by atoms with E-state index in [1.54, 1.807) is 6.20 Å². The van der Waals surface area contributed by atoms with Gasteiger partial charge in [0.1, 0.15) is 5.69 Å². The summed E-state index contributed by atoms with van der Waals surface area (Å²) < 4.78 is 5.21. The summed E-state index contributed by atoms with van der Waals surface area (Å²) in [5.41, 5.74) is 0.673. The molecular weight excluding hydrogens is 304 g/mol. The molecule has 6 heteroatoms. The third-order valence-corrected chi connectivity index (χ3v) is 4.40. The monoisotopic (exact) mass is 328 g/mol. The second kappa shape index (κ2) is 8.57. The van der Waals surface area contributed by atoms with Gasteiger partial charge in [0.2, 0.25) is 17.6 Å². The smallest absolute Gasteiger partial charge is 0.227 e. The van der Waals surface area contributed by atoms with Crippen molar-refractivity contribution >= 4 is 5.91 Å². The highest BCUT2D eigenvalue weighted by Gasteiger charge is 2.15. The van der Waals surface area contributed by atoms with E-state index in [0.717, 1.165) is 12.8 Å². The van der Waals surface area contributed by atoms with Crippen LogP contribution in [-0.2, 0) is 11.2 Å². The van der Waals surface area contributed by atoms with Crippen LogP contribution in [0.3, 0.4) is 0 Å². The van der Waals surface area contributed by atoms with E-state index in [1.165, 1.54) is 32.1 Å². The Morgan fingerprint density at radius 1 is 1.17 bits per heavy atom. The Kier molecular flexibility index (Phi) is 5.93. The highest BCUT2D eigenvalue weighted by Crippen LogP contribution is 2.17. The zero-order chi connectivity index (χ0) is 16.6. The number of rotatable bonds is 5. The van der Waals surface area contributed by atoms with Crippen LogP contribution in [0.2, 0.25) is 0 Å². The van der Waals surface area contributed by atoms with E-state index in [-0.39, 0.29) is 5.91 Å². The van der Waals surface area contributed by atoms with E-state index in [2.05, 4.69) is 20.4 Å². The maximum Gasteiger partial charge on any atom is 0.227 e. The average Bonchev–Trinajstić information content (AvgIpc) is 3.05. The van der Waals surface area contributed by atoms with Crippen LogP contribution < -0.4 is 5.32 Å². The van der Waals surface area contributed by atoms with Crippen molar-refractivity contribution in [2.45, 2.75) is 63.8 Å². The molecule has 0 radical (unpaired) electrons. The van der Waals surface area contributed by atoms with Crippen molar-refractivity contribution in [3.63, 3.8) is 0 Å². The van der Waals surface area contributed by atoms with E-state index in [0.29, 0.717) is 36.3 Å². The average molecular weight is 328 g/mol. The van der Waals surface area contributed by atoms with Crippen molar-refractivity contribution < 1.29 is 9.32 Å². The molecule has 128 valence electrons. The largest absolute Gasteiger partial charge is 0.353 e. The summed E-state index contributed by atoms with van der Waals surface area (Å²) in [7, 11) is 0. The van der Waals surface area contributed by atoms with Crippen molar-refractivity contribution in [2.75, 3.05) is 0 Å². The molecule has 1 amide bonds. The second-order valence-electron chi connectivity index (χ2n) is 6.34. The fourth-order valence-electron chi connectivity index (χ4n) is 3.08. The van der Waals surface area contributed by atoms with Crippen LogP contribution in [0, 0.1) is 0 Å². The van der Waals surface area contributed by atoms with Crippen LogP contribution in [-0.4, -0.2) is 27.1 Å². The first kappa shape index (κ1) is 16.6.